The van der Waals surface area contributed by atoms with E-state index in [1.807, 2.05) is 65.1 Å². The van der Waals surface area contributed by atoms with Crippen molar-refractivity contribution in [2.24, 2.45) is 0 Å². The van der Waals surface area contributed by atoms with E-state index in [9.17, 15) is 15.2 Å². The highest BCUT2D eigenvalue weighted by molar-refractivity contribution is 14.1. The number of rotatable bonds is 5. The molecule has 0 aliphatic carbocycles. The van der Waals surface area contributed by atoms with E-state index in [4.69, 9.17) is 0 Å². The number of aromatic hydroxyl groups is 1. The summed E-state index contributed by atoms with van der Waals surface area (Å²) >= 11 is 4.14. The van der Waals surface area contributed by atoms with Gasteiger partial charge in [-0.1, -0.05) is 30.3 Å². The van der Waals surface area contributed by atoms with Crippen molar-refractivity contribution in [3.63, 3.8) is 0 Å². The maximum absolute atomic E-state index is 12.2. The molecular weight excluding hydrogens is 530 g/mol. The van der Waals surface area contributed by atoms with Crippen LogP contribution in [0, 0.1) is 18.5 Å². The van der Waals surface area contributed by atoms with Gasteiger partial charge in [0.2, 0.25) is 0 Å². The van der Waals surface area contributed by atoms with Gasteiger partial charge in [0.25, 0.3) is 5.91 Å². The molecule has 0 radical (unpaired) electrons. The molecule has 1 amide bonds. The van der Waals surface area contributed by atoms with Gasteiger partial charge in [-0.3, -0.25) is 4.79 Å². The summed E-state index contributed by atoms with van der Waals surface area (Å²) in [6, 6.07) is 15.2. The van der Waals surface area contributed by atoms with Crippen molar-refractivity contribution < 1.29 is 9.90 Å². The highest BCUT2D eigenvalue weighted by Gasteiger charge is 2.12. The monoisotopic (exact) mass is 544 g/mol. The van der Waals surface area contributed by atoms with Crippen LogP contribution in [0.1, 0.15) is 11.1 Å². The SMILES string of the molecule is N#C/C(=C\c1cc(I)cc(I)c1O)C(=O)NCCc1ccccc1. The molecule has 0 spiro atoms. The van der Waals surface area contributed by atoms with Crippen LogP contribution >= 0.6 is 45.2 Å². The van der Waals surface area contributed by atoms with Gasteiger partial charge < -0.3 is 10.4 Å². The molecule has 24 heavy (non-hydrogen) atoms. The number of benzene rings is 2. The average Bonchev–Trinajstić information content (AvgIpc) is 2.57. The van der Waals surface area contributed by atoms with E-state index in [1.54, 1.807) is 6.07 Å². The Kier molecular flexibility index (Phi) is 7.05. The normalized spacial score (nSPS) is 11.0. The predicted molar refractivity (Wildman–Crippen MR) is 110 cm³/mol. The van der Waals surface area contributed by atoms with E-state index >= 15 is 0 Å². The molecule has 0 aliphatic rings. The first-order valence-electron chi connectivity index (χ1n) is 7.13. The number of nitrogens with zero attached hydrogens (tertiary/aromatic N) is 1. The Labute approximate surface area is 167 Å². The van der Waals surface area contributed by atoms with Crippen LogP contribution in [0.4, 0.5) is 0 Å². The smallest absolute Gasteiger partial charge is 0.261 e. The minimum Gasteiger partial charge on any atom is -0.506 e. The molecule has 0 fully saturated rings. The van der Waals surface area contributed by atoms with E-state index < -0.39 is 5.91 Å². The predicted octanol–water partition coefficient (Wildman–Crippen LogP) is 3.87. The Bertz CT molecular complexity index is 812. The van der Waals surface area contributed by atoms with Crippen LogP contribution in [0.3, 0.4) is 0 Å². The third-order valence-corrected chi connectivity index (χ3v) is 4.71. The molecule has 2 aromatic carbocycles. The van der Waals surface area contributed by atoms with Gasteiger partial charge in [0, 0.05) is 15.7 Å². The maximum Gasteiger partial charge on any atom is 0.261 e. The largest absolute Gasteiger partial charge is 0.506 e. The highest BCUT2D eigenvalue weighted by Crippen LogP contribution is 2.28. The van der Waals surface area contributed by atoms with Gasteiger partial charge in [-0.05, 0) is 75.4 Å². The van der Waals surface area contributed by atoms with Gasteiger partial charge >= 0.3 is 0 Å². The molecule has 6 heteroatoms. The zero-order chi connectivity index (χ0) is 17.5. The zero-order valence-electron chi connectivity index (χ0n) is 12.6. The first-order valence-corrected chi connectivity index (χ1v) is 9.29. The minimum atomic E-state index is -0.443. The fourth-order valence-electron chi connectivity index (χ4n) is 2.06. The van der Waals surface area contributed by atoms with Gasteiger partial charge in [0.05, 0.1) is 3.57 Å². The molecule has 0 saturated carbocycles. The number of nitrogens with one attached hydrogen (secondary N) is 1. The lowest BCUT2D eigenvalue weighted by atomic mass is 10.1. The molecule has 2 N–H and O–H groups in total. The molecule has 0 heterocycles. The molecule has 0 unspecified atom stereocenters. The Balaban J connectivity index is 2.08. The highest BCUT2D eigenvalue weighted by atomic mass is 127. The quantitative estimate of drug-likeness (QED) is 0.342. The van der Waals surface area contributed by atoms with Crippen LogP contribution in [-0.4, -0.2) is 17.6 Å². The Morgan fingerprint density at radius 1 is 1.25 bits per heavy atom. The average molecular weight is 544 g/mol. The van der Waals surface area contributed by atoms with Crippen molar-refractivity contribution in [1.29, 1.82) is 5.26 Å². The second-order valence-corrected chi connectivity index (χ2v) is 7.39. The van der Waals surface area contributed by atoms with Crippen molar-refractivity contribution in [2.75, 3.05) is 6.54 Å². The number of hydrogen-bond donors (Lipinski definition) is 2. The van der Waals surface area contributed by atoms with Gasteiger partial charge in [-0.2, -0.15) is 5.26 Å². The minimum absolute atomic E-state index is 0.0313. The number of phenols is 1. The number of halogens is 2. The first-order chi connectivity index (χ1) is 11.5. The molecule has 2 rings (SSSR count). The molecule has 0 aromatic heterocycles. The van der Waals surface area contributed by atoms with Gasteiger partial charge in [0.1, 0.15) is 17.4 Å². The van der Waals surface area contributed by atoms with Crippen LogP contribution in [0.5, 0.6) is 5.75 Å². The fraction of sp³-hybridized carbons (Fsp3) is 0.111. The summed E-state index contributed by atoms with van der Waals surface area (Å²) in [7, 11) is 0. The zero-order valence-corrected chi connectivity index (χ0v) is 16.9. The molecule has 0 atom stereocenters. The van der Waals surface area contributed by atoms with E-state index in [2.05, 4.69) is 27.9 Å². The number of carbonyl (C=O) groups excluding carboxylic acids is 1. The van der Waals surface area contributed by atoms with Crippen molar-refractivity contribution in [3.8, 4) is 11.8 Å². The lowest BCUT2D eigenvalue weighted by Crippen LogP contribution is -2.26. The summed E-state index contributed by atoms with van der Waals surface area (Å²) < 4.78 is 1.59. The summed E-state index contributed by atoms with van der Waals surface area (Å²) in [6.07, 6.45) is 2.11. The maximum atomic E-state index is 12.2. The van der Waals surface area contributed by atoms with Crippen molar-refractivity contribution in [1.82, 2.24) is 5.32 Å². The van der Waals surface area contributed by atoms with E-state index in [0.717, 1.165) is 9.13 Å². The van der Waals surface area contributed by atoms with E-state index in [-0.39, 0.29) is 11.3 Å². The summed E-state index contributed by atoms with van der Waals surface area (Å²) in [5, 5.41) is 22.1. The van der Waals surface area contributed by atoms with E-state index in [0.29, 0.717) is 22.1 Å². The van der Waals surface area contributed by atoms with Crippen LogP contribution in [0.15, 0.2) is 48.0 Å². The number of nitriles is 1. The topological polar surface area (TPSA) is 73.1 Å². The molecule has 2 aromatic rings. The summed E-state index contributed by atoms with van der Waals surface area (Å²) in [5.74, 6) is -0.373. The van der Waals surface area contributed by atoms with Crippen LogP contribution in [-0.2, 0) is 11.2 Å². The summed E-state index contributed by atoms with van der Waals surface area (Å²) in [4.78, 5) is 12.2. The number of amides is 1. The van der Waals surface area contributed by atoms with Crippen molar-refractivity contribution >= 4 is 57.2 Å². The summed E-state index contributed by atoms with van der Waals surface area (Å²) in [5.41, 5.74) is 1.54. The lowest BCUT2D eigenvalue weighted by Gasteiger charge is -2.06. The van der Waals surface area contributed by atoms with Crippen LogP contribution < -0.4 is 5.32 Å². The second kappa shape index (κ2) is 9.03. The number of carbonyl (C=O) groups is 1. The Morgan fingerprint density at radius 3 is 2.62 bits per heavy atom. The molecular formula is C18H14I2N2O2. The van der Waals surface area contributed by atoms with E-state index in [1.165, 1.54) is 6.08 Å². The summed E-state index contributed by atoms with van der Waals surface area (Å²) in [6.45, 7) is 0.442. The van der Waals surface area contributed by atoms with Gasteiger partial charge in [-0.25, -0.2) is 0 Å². The second-order valence-electron chi connectivity index (χ2n) is 4.99. The third-order valence-electron chi connectivity index (χ3n) is 3.26. The molecule has 0 bridgehead atoms. The molecule has 0 saturated heterocycles. The number of phenolic OH excluding ortho intramolecular Hbond substituents is 1. The standard InChI is InChI=1S/C18H14I2N2O2/c19-15-9-13(17(23)16(20)10-15)8-14(11-21)18(24)22-7-6-12-4-2-1-3-5-12/h1-5,8-10,23H,6-7H2,(H,22,24)/b14-8+. The third kappa shape index (κ3) is 5.21. The Hall–Kier alpha value is -1.60. The van der Waals surface area contributed by atoms with Crippen LogP contribution in [0.25, 0.3) is 6.08 Å². The number of hydrogen-bond acceptors (Lipinski definition) is 3. The van der Waals surface area contributed by atoms with Crippen molar-refractivity contribution in [3.05, 3.63) is 66.3 Å². The molecule has 122 valence electrons. The molecule has 4 nitrogen and oxygen atoms in total. The van der Waals surface area contributed by atoms with Gasteiger partial charge in [0.15, 0.2) is 0 Å². The molecule has 0 aliphatic heterocycles. The van der Waals surface area contributed by atoms with Gasteiger partial charge in [-0.15, -0.1) is 0 Å². The van der Waals surface area contributed by atoms with Crippen LogP contribution in [0.2, 0.25) is 0 Å². The lowest BCUT2D eigenvalue weighted by molar-refractivity contribution is -0.117. The van der Waals surface area contributed by atoms with Crippen molar-refractivity contribution in [2.45, 2.75) is 6.42 Å². The fourth-order valence-corrected chi connectivity index (χ4v) is 3.95. The first kappa shape index (κ1) is 18.7. The Morgan fingerprint density at radius 2 is 1.96 bits per heavy atom.